The van der Waals surface area contributed by atoms with Crippen LogP contribution >= 0.6 is 0 Å². The third-order valence-corrected chi connectivity index (χ3v) is 4.30. The monoisotopic (exact) mass is 254 g/mol. The number of fused-ring (bicyclic) bond motifs is 1. The predicted octanol–water partition coefficient (Wildman–Crippen LogP) is 1.13. The molecule has 0 saturated heterocycles. The van der Waals surface area contributed by atoms with Gasteiger partial charge in [0.15, 0.2) is 6.61 Å². The SMILES string of the molecule is NC(=O)CONC(=O)C1CCC2CCCCC2C1. The van der Waals surface area contributed by atoms with Crippen molar-refractivity contribution >= 4 is 11.8 Å². The molecule has 2 amide bonds. The van der Waals surface area contributed by atoms with Crippen LogP contribution < -0.4 is 11.2 Å². The van der Waals surface area contributed by atoms with Crippen LogP contribution in [0.3, 0.4) is 0 Å². The van der Waals surface area contributed by atoms with Crippen molar-refractivity contribution in [2.45, 2.75) is 44.9 Å². The molecule has 3 atom stereocenters. The molecular formula is C13H22N2O3. The van der Waals surface area contributed by atoms with Crippen LogP contribution in [0.2, 0.25) is 0 Å². The minimum atomic E-state index is -0.578. The van der Waals surface area contributed by atoms with Gasteiger partial charge < -0.3 is 5.73 Å². The lowest BCUT2D eigenvalue weighted by atomic mass is 9.67. The quantitative estimate of drug-likeness (QED) is 0.738. The molecule has 2 aliphatic carbocycles. The Hall–Kier alpha value is -1.10. The molecule has 102 valence electrons. The summed E-state index contributed by atoms with van der Waals surface area (Å²) in [4.78, 5) is 27.1. The fourth-order valence-electron chi connectivity index (χ4n) is 3.37. The maximum Gasteiger partial charge on any atom is 0.246 e. The minimum absolute atomic E-state index is 0.0391. The van der Waals surface area contributed by atoms with Gasteiger partial charge in [0.05, 0.1) is 0 Å². The summed E-state index contributed by atoms with van der Waals surface area (Å²) in [5, 5.41) is 0. The molecule has 18 heavy (non-hydrogen) atoms. The molecular weight excluding hydrogens is 232 g/mol. The van der Waals surface area contributed by atoms with E-state index in [9.17, 15) is 9.59 Å². The molecule has 2 fully saturated rings. The first-order valence-electron chi connectivity index (χ1n) is 6.86. The van der Waals surface area contributed by atoms with Crippen molar-refractivity contribution in [3.8, 4) is 0 Å². The average molecular weight is 254 g/mol. The molecule has 0 bridgehead atoms. The van der Waals surface area contributed by atoms with E-state index in [0.29, 0.717) is 5.92 Å². The Labute approximate surface area is 107 Å². The molecule has 5 heteroatoms. The van der Waals surface area contributed by atoms with E-state index in [1.165, 1.54) is 25.7 Å². The Bertz CT molecular complexity index is 319. The molecule has 2 rings (SSSR count). The number of hydrogen-bond donors (Lipinski definition) is 2. The number of hydrogen-bond acceptors (Lipinski definition) is 3. The second kappa shape index (κ2) is 6.18. The standard InChI is InChI=1S/C13H22N2O3/c14-12(16)8-18-15-13(17)11-6-5-9-3-1-2-4-10(9)7-11/h9-11H,1-8H2,(H2,14,16)(H,15,17). The Morgan fingerprint density at radius 2 is 1.83 bits per heavy atom. The second-order valence-corrected chi connectivity index (χ2v) is 5.54. The Morgan fingerprint density at radius 3 is 2.56 bits per heavy atom. The summed E-state index contributed by atoms with van der Waals surface area (Å²) >= 11 is 0. The van der Waals surface area contributed by atoms with Gasteiger partial charge in [0.2, 0.25) is 11.8 Å². The summed E-state index contributed by atoms with van der Waals surface area (Å²) in [6.45, 7) is -0.259. The summed E-state index contributed by atoms with van der Waals surface area (Å²) in [5.41, 5.74) is 7.27. The third kappa shape index (κ3) is 3.45. The van der Waals surface area contributed by atoms with Crippen LogP contribution in [-0.4, -0.2) is 18.4 Å². The molecule has 0 spiro atoms. The molecule has 0 aromatic rings. The Balaban J connectivity index is 1.75. The normalized spacial score (nSPS) is 31.4. The van der Waals surface area contributed by atoms with Crippen LogP contribution in [0.5, 0.6) is 0 Å². The number of carbonyl (C=O) groups excluding carboxylic acids is 2. The number of hydroxylamine groups is 1. The van der Waals surface area contributed by atoms with Gasteiger partial charge in [-0.05, 0) is 31.1 Å². The van der Waals surface area contributed by atoms with Crippen LogP contribution in [0, 0.1) is 17.8 Å². The van der Waals surface area contributed by atoms with Crippen LogP contribution in [0.15, 0.2) is 0 Å². The average Bonchev–Trinajstić information content (AvgIpc) is 2.37. The molecule has 0 heterocycles. The summed E-state index contributed by atoms with van der Waals surface area (Å²) in [6, 6.07) is 0. The van der Waals surface area contributed by atoms with Crippen molar-refractivity contribution in [3.05, 3.63) is 0 Å². The molecule has 0 aromatic carbocycles. The summed E-state index contributed by atoms with van der Waals surface area (Å²) in [7, 11) is 0. The van der Waals surface area contributed by atoms with E-state index < -0.39 is 5.91 Å². The first-order chi connectivity index (χ1) is 8.66. The van der Waals surface area contributed by atoms with Gasteiger partial charge in [-0.15, -0.1) is 0 Å². The van der Waals surface area contributed by atoms with Gasteiger partial charge in [-0.3, -0.25) is 14.4 Å². The van der Waals surface area contributed by atoms with Crippen molar-refractivity contribution in [1.29, 1.82) is 0 Å². The molecule has 2 saturated carbocycles. The molecule has 3 N–H and O–H groups in total. The lowest BCUT2D eigenvalue weighted by Crippen LogP contribution is -2.38. The number of nitrogens with one attached hydrogen (secondary N) is 1. The summed E-state index contributed by atoms with van der Waals surface area (Å²) in [6.07, 6.45) is 8.29. The highest BCUT2D eigenvalue weighted by Crippen LogP contribution is 2.42. The molecule has 0 aromatic heterocycles. The first-order valence-corrected chi connectivity index (χ1v) is 6.86. The van der Waals surface area contributed by atoms with Crippen molar-refractivity contribution in [2.75, 3.05) is 6.61 Å². The lowest BCUT2D eigenvalue weighted by Gasteiger charge is -2.38. The van der Waals surface area contributed by atoms with E-state index in [4.69, 9.17) is 10.6 Å². The highest BCUT2D eigenvalue weighted by atomic mass is 16.7. The summed E-state index contributed by atoms with van der Waals surface area (Å²) < 4.78 is 0. The largest absolute Gasteiger partial charge is 0.368 e. The molecule has 0 radical (unpaired) electrons. The van der Waals surface area contributed by atoms with Crippen molar-refractivity contribution in [1.82, 2.24) is 5.48 Å². The zero-order chi connectivity index (χ0) is 13.0. The lowest BCUT2D eigenvalue weighted by molar-refractivity contribution is -0.143. The predicted molar refractivity (Wildman–Crippen MR) is 66.1 cm³/mol. The van der Waals surface area contributed by atoms with Gasteiger partial charge in [-0.2, -0.15) is 0 Å². The van der Waals surface area contributed by atoms with Crippen molar-refractivity contribution in [2.24, 2.45) is 23.5 Å². The molecule has 2 aliphatic rings. The van der Waals surface area contributed by atoms with E-state index in [2.05, 4.69) is 5.48 Å². The van der Waals surface area contributed by atoms with Gasteiger partial charge in [-0.25, -0.2) is 5.48 Å². The van der Waals surface area contributed by atoms with Crippen molar-refractivity contribution in [3.63, 3.8) is 0 Å². The van der Waals surface area contributed by atoms with Crippen LogP contribution in [0.1, 0.15) is 44.9 Å². The fourth-order valence-corrected chi connectivity index (χ4v) is 3.37. The molecule has 3 unspecified atom stereocenters. The van der Waals surface area contributed by atoms with Gasteiger partial charge >= 0.3 is 0 Å². The van der Waals surface area contributed by atoms with E-state index in [-0.39, 0.29) is 18.4 Å². The fraction of sp³-hybridized carbons (Fsp3) is 0.846. The number of amides is 2. The zero-order valence-electron chi connectivity index (χ0n) is 10.7. The van der Waals surface area contributed by atoms with E-state index in [0.717, 1.165) is 25.2 Å². The highest BCUT2D eigenvalue weighted by molar-refractivity contribution is 5.78. The van der Waals surface area contributed by atoms with Crippen LogP contribution in [0.25, 0.3) is 0 Å². The van der Waals surface area contributed by atoms with Gasteiger partial charge in [0.1, 0.15) is 0 Å². The Morgan fingerprint density at radius 1 is 1.11 bits per heavy atom. The smallest absolute Gasteiger partial charge is 0.246 e. The number of rotatable bonds is 4. The highest BCUT2D eigenvalue weighted by Gasteiger charge is 2.35. The first kappa shape index (κ1) is 13.3. The van der Waals surface area contributed by atoms with Crippen LogP contribution in [0.4, 0.5) is 0 Å². The molecule has 5 nitrogen and oxygen atoms in total. The van der Waals surface area contributed by atoms with E-state index in [1.807, 2.05) is 0 Å². The summed E-state index contributed by atoms with van der Waals surface area (Å²) in [5.74, 6) is 0.900. The second-order valence-electron chi connectivity index (χ2n) is 5.54. The van der Waals surface area contributed by atoms with Gasteiger partial charge in [0, 0.05) is 5.92 Å². The van der Waals surface area contributed by atoms with E-state index >= 15 is 0 Å². The Kier molecular flexibility index (Phi) is 4.58. The van der Waals surface area contributed by atoms with E-state index in [1.54, 1.807) is 0 Å². The number of primary amides is 1. The number of nitrogens with two attached hydrogens (primary N) is 1. The maximum absolute atomic E-state index is 11.9. The van der Waals surface area contributed by atoms with Gasteiger partial charge in [-0.1, -0.05) is 25.7 Å². The maximum atomic E-state index is 11.9. The topological polar surface area (TPSA) is 81.4 Å². The minimum Gasteiger partial charge on any atom is -0.368 e. The van der Waals surface area contributed by atoms with Crippen molar-refractivity contribution < 1.29 is 14.4 Å². The van der Waals surface area contributed by atoms with Gasteiger partial charge in [0.25, 0.3) is 0 Å². The van der Waals surface area contributed by atoms with Crippen LogP contribution in [-0.2, 0) is 14.4 Å². The zero-order valence-corrected chi connectivity index (χ0v) is 10.7. The molecule has 0 aliphatic heterocycles. The third-order valence-electron chi connectivity index (χ3n) is 4.30. The number of carbonyl (C=O) groups is 2.